The lowest BCUT2D eigenvalue weighted by Crippen LogP contribution is -2.27. The molecule has 1 N–H and O–H groups in total. The van der Waals surface area contributed by atoms with Crippen LogP contribution in [0.1, 0.15) is 57.1 Å². The van der Waals surface area contributed by atoms with Gasteiger partial charge in [-0.1, -0.05) is 56.9 Å². The van der Waals surface area contributed by atoms with E-state index in [1.54, 1.807) is 6.07 Å². The molecule has 0 bridgehead atoms. The Bertz CT molecular complexity index is 484. The first-order valence-corrected chi connectivity index (χ1v) is 8.26. The fourth-order valence-corrected chi connectivity index (χ4v) is 3.02. The molecule has 1 aromatic carbocycles. The van der Waals surface area contributed by atoms with E-state index in [0.29, 0.717) is 17.5 Å². The van der Waals surface area contributed by atoms with Crippen molar-refractivity contribution in [2.75, 3.05) is 6.54 Å². The minimum absolute atomic E-state index is 0.108. The molecule has 0 atom stereocenters. The molecule has 2 rings (SSSR count). The third-order valence-electron chi connectivity index (χ3n) is 4.39. The molecule has 0 unspecified atom stereocenters. The van der Waals surface area contributed by atoms with Crippen LogP contribution >= 0.6 is 0 Å². The molecule has 0 radical (unpaired) electrons. The van der Waals surface area contributed by atoms with Gasteiger partial charge in [0.1, 0.15) is 5.82 Å². The molecule has 0 amide bonds. The Morgan fingerprint density at radius 3 is 2.62 bits per heavy atom. The lowest BCUT2D eigenvalue weighted by molar-refractivity contribution is 0.394. The molecule has 0 aliphatic heterocycles. The van der Waals surface area contributed by atoms with Crippen LogP contribution < -0.4 is 5.32 Å². The zero-order valence-corrected chi connectivity index (χ0v) is 13.6. The molecule has 1 aromatic rings. The molecule has 1 aliphatic rings. The van der Waals surface area contributed by atoms with E-state index in [-0.39, 0.29) is 5.82 Å². The van der Waals surface area contributed by atoms with Gasteiger partial charge in [0, 0.05) is 12.6 Å². The van der Waals surface area contributed by atoms with Crippen LogP contribution in [0.2, 0.25) is 0 Å². The molecule has 0 saturated heterocycles. The molecule has 1 aliphatic carbocycles. The maximum absolute atomic E-state index is 13.7. The Hall–Kier alpha value is -1.15. The van der Waals surface area contributed by atoms with Gasteiger partial charge < -0.3 is 5.32 Å². The van der Waals surface area contributed by atoms with E-state index in [1.165, 1.54) is 37.7 Å². The Labute approximate surface area is 128 Å². The zero-order valence-electron chi connectivity index (χ0n) is 13.6. The second-order valence-electron chi connectivity index (χ2n) is 6.60. The summed E-state index contributed by atoms with van der Waals surface area (Å²) >= 11 is 0. The molecule has 0 aromatic heterocycles. The van der Waals surface area contributed by atoms with Gasteiger partial charge >= 0.3 is 0 Å². The van der Waals surface area contributed by atoms with Crippen LogP contribution in [0.4, 0.5) is 4.39 Å². The van der Waals surface area contributed by atoms with Gasteiger partial charge in [-0.25, -0.2) is 4.39 Å². The van der Waals surface area contributed by atoms with Crippen molar-refractivity contribution in [1.29, 1.82) is 0 Å². The summed E-state index contributed by atoms with van der Waals surface area (Å²) in [6, 6.07) is 6.03. The fraction of sp³-hybridized carbons (Fsp3) is 0.579. The number of rotatable bonds is 5. The molecule has 1 saturated carbocycles. The van der Waals surface area contributed by atoms with E-state index in [1.807, 2.05) is 19.1 Å². The molecule has 0 heterocycles. The number of nitrogens with one attached hydrogen (secondary N) is 1. The summed E-state index contributed by atoms with van der Waals surface area (Å²) in [6.07, 6.45) is 8.77. The van der Waals surface area contributed by atoms with Gasteiger partial charge in [0.25, 0.3) is 0 Å². The molecular formula is C19H28FN. The van der Waals surface area contributed by atoms with Gasteiger partial charge in [-0.3, -0.25) is 0 Å². The molecule has 21 heavy (non-hydrogen) atoms. The third kappa shape index (κ3) is 4.96. The van der Waals surface area contributed by atoms with Gasteiger partial charge in [0.05, 0.1) is 0 Å². The van der Waals surface area contributed by atoms with E-state index in [9.17, 15) is 4.39 Å². The van der Waals surface area contributed by atoms with Crippen molar-refractivity contribution < 1.29 is 4.39 Å². The fourth-order valence-electron chi connectivity index (χ4n) is 3.02. The number of aryl methyl sites for hydroxylation is 1. The van der Waals surface area contributed by atoms with E-state index in [4.69, 9.17) is 0 Å². The number of hydrogen-bond acceptors (Lipinski definition) is 1. The monoisotopic (exact) mass is 289 g/mol. The maximum Gasteiger partial charge on any atom is 0.126 e. The SMILES string of the molecule is Cc1ccc(/C=C(/CNC(C)C)C2CCCCC2)cc1F. The van der Waals surface area contributed by atoms with Crippen molar-refractivity contribution in [2.24, 2.45) is 5.92 Å². The van der Waals surface area contributed by atoms with Crippen molar-refractivity contribution in [3.05, 3.63) is 40.7 Å². The first-order chi connectivity index (χ1) is 10.1. The summed E-state index contributed by atoms with van der Waals surface area (Å²) in [7, 11) is 0. The summed E-state index contributed by atoms with van der Waals surface area (Å²) in [5.41, 5.74) is 3.14. The highest BCUT2D eigenvalue weighted by Crippen LogP contribution is 2.30. The van der Waals surface area contributed by atoms with Gasteiger partial charge in [-0.15, -0.1) is 0 Å². The van der Waals surface area contributed by atoms with Crippen LogP contribution in [0.25, 0.3) is 6.08 Å². The predicted molar refractivity (Wildman–Crippen MR) is 88.8 cm³/mol. The topological polar surface area (TPSA) is 12.0 Å². The van der Waals surface area contributed by atoms with Crippen molar-refractivity contribution in [1.82, 2.24) is 5.32 Å². The number of halogens is 1. The van der Waals surface area contributed by atoms with Gasteiger partial charge in [-0.2, -0.15) is 0 Å². The van der Waals surface area contributed by atoms with Crippen LogP contribution in [-0.2, 0) is 0 Å². The molecule has 1 nitrogen and oxygen atoms in total. The van der Waals surface area contributed by atoms with E-state index in [0.717, 1.165) is 12.1 Å². The Morgan fingerprint density at radius 2 is 2.00 bits per heavy atom. The van der Waals surface area contributed by atoms with E-state index >= 15 is 0 Å². The summed E-state index contributed by atoms with van der Waals surface area (Å²) in [5, 5.41) is 3.53. The first kappa shape index (κ1) is 16.2. The van der Waals surface area contributed by atoms with Crippen LogP contribution in [0.15, 0.2) is 23.8 Å². The van der Waals surface area contributed by atoms with Crippen molar-refractivity contribution in [3.8, 4) is 0 Å². The normalized spacial score (nSPS) is 17.5. The summed E-state index contributed by atoms with van der Waals surface area (Å²) in [6.45, 7) is 7.07. The minimum Gasteiger partial charge on any atom is -0.311 e. The molecule has 116 valence electrons. The average Bonchev–Trinajstić information content (AvgIpc) is 2.48. The first-order valence-electron chi connectivity index (χ1n) is 8.26. The second-order valence-corrected chi connectivity index (χ2v) is 6.60. The summed E-state index contributed by atoms with van der Waals surface area (Å²) in [5.74, 6) is 0.554. The zero-order chi connectivity index (χ0) is 15.2. The van der Waals surface area contributed by atoms with E-state index in [2.05, 4.69) is 25.2 Å². The quantitative estimate of drug-likeness (QED) is 0.795. The summed E-state index contributed by atoms with van der Waals surface area (Å²) < 4.78 is 13.7. The smallest absolute Gasteiger partial charge is 0.126 e. The Morgan fingerprint density at radius 1 is 1.29 bits per heavy atom. The molecule has 0 spiro atoms. The predicted octanol–water partition coefficient (Wildman–Crippen LogP) is 5.10. The Balaban J connectivity index is 2.19. The molecule has 2 heteroatoms. The minimum atomic E-state index is -0.108. The second kappa shape index (κ2) is 7.74. The van der Waals surface area contributed by atoms with Crippen molar-refractivity contribution in [3.63, 3.8) is 0 Å². The van der Waals surface area contributed by atoms with Gasteiger partial charge in [0.2, 0.25) is 0 Å². The van der Waals surface area contributed by atoms with Crippen LogP contribution in [-0.4, -0.2) is 12.6 Å². The maximum atomic E-state index is 13.7. The highest BCUT2D eigenvalue weighted by molar-refractivity contribution is 5.54. The number of benzene rings is 1. The molecular weight excluding hydrogens is 261 g/mol. The van der Waals surface area contributed by atoms with Crippen LogP contribution in [0, 0.1) is 18.7 Å². The highest BCUT2D eigenvalue weighted by atomic mass is 19.1. The van der Waals surface area contributed by atoms with Crippen LogP contribution in [0.5, 0.6) is 0 Å². The van der Waals surface area contributed by atoms with E-state index < -0.39 is 0 Å². The third-order valence-corrected chi connectivity index (χ3v) is 4.39. The van der Waals surface area contributed by atoms with Crippen molar-refractivity contribution >= 4 is 6.08 Å². The highest BCUT2D eigenvalue weighted by Gasteiger charge is 2.18. The molecule has 1 fully saturated rings. The lowest BCUT2D eigenvalue weighted by atomic mass is 9.83. The van der Waals surface area contributed by atoms with Gasteiger partial charge in [0.15, 0.2) is 0 Å². The largest absolute Gasteiger partial charge is 0.311 e. The summed E-state index contributed by atoms with van der Waals surface area (Å²) in [4.78, 5) is 0. The van der Waals surface area contributed by atoms with Crippen LogP contribution in [0.3, 0.4) is 0 Å². The van der Waals surface area contributed by atoms with Crippen molar-refractivity contribution in [2.45, 2.75) is 58.9 Å². The Kier molecular flexibility index (Phi) is 5.98. The average molecular weight is 289 g/mol. The van der Waals surface area contributed by atoms with Gasteiger partial charge in [-0.05, 0) is 42.9 Å². The standard InChI is InChI=1S/C19H28FN/c1-14(2)21-13-18(17-7-5-4-6-8-17)11-16-10-9-15(3)19(20)12-16/h9-12,14,17,21H,4-8,13H2,1-3H3/b18-11-. The lowest BCUT2D eigenvalue weighted by Gasteiger charge is -2.26. The number of hydrogen-bond donors (Lipinski definition) is 1.